The summed E-state index contributed by atoms with van der Waals surface area (Å²) < 4.78 is 28.5. The van der Waals surface area contributed by atoms with Gasteiger partial charge >= 0.3 is 0 Å². The van der Waals surface area contributed by atoms with Crippen molar-refractivity contribution in [1.82, 2.24) is 24.4 Å². The van der Waals surface area contributed by atoms with E-state index in [4.69, 9.17) is 12.2 Å². The molecule has 0 saturated heterocycles. The summed E-state index contributed by atoms with van der Waals surface area (Å²) >= 11 is 5.02. The van der Waals surface area contributed by atoms with Crippen LogP contribution in [0.5, 0.6) is 0 Å². The molecule has 2 N–H and O–H groups in total. The topological polar surface area (TPSA) is 100 Å². The van der Waals surface area contributed by atoms with Gasteiger partial charge in [0.2, 0.25) is 15.9 Å². The second kappa shape index (κ2) is 9.25. The summed E-state index contributed by atoms with van der Waals surface area (Å²) in [6, 6.07) is 6.69. The first-order chi connectivity index (χ1) is 12.8. The van der Waals surface area contributed by atoms with Crippen molar-refractivity contribution in [3.05, 3.63) is 40.4 Å². The highest BCUT2D eigenvalue weighted by Crippen LogP contribution is 2.16. The van der Waals surface area contributed by atoms with Crippen molar-refractivity contribution in [2.75, 3.05) is 13.1 Å². The van der Waals surface area contributed by atoms with Crippen molar-refractivity contribution in [3.63, 3.8) is 0 Å². The number of hydrogen-bond donors (Lipinski definition) is 2. The number of aromatic nitrogens is 3. The van der Waals surface area contributed by atoms with Gasteiger partial charge in [0.15, 0.2) is 10.6 Å². The molecular formula is C17H25N5O3S2. The molecule has 27 heavy (non-hydrogen) atoms. The van der Waals surface area contributed by atoms with E-state index in [1.54, 1.807) is 35.9 Å². The van der Waals surface area contributed by atoms with Gasteiger partial charge in [-0.2, -0.15) is 9.40 Å². The minimum absolute atomic E-state index is 0.108. The molecule has 1 aromatic heterocycles. The third-order valence-corrected chi connectivity index (χ3v) is 6.75. The molecule has 0 atom stereocenters. The highest BCUT2D eigenvalue weighted by atomic mass is 32.2. The monoisotopic (exact) mass is 411 g/mol. The van der Waals surface area contributed by atoms with E-state index in [1.807, 2.05) is 13.8 Å². The second-order valence-electron chi connectivity index (χ2n) is 6.01. The van der Waals surface area contributed by atoms with Crippen LogP contribution in [0.2, 0.25) is 0 Å². The highest BCUT2D eigenvalue weighted by molar-refractivity contribution is 7.89. The maximum Gasteiger partial charge on any atom is 0.243 e. The van der Waals surface area contributed by atoms with E-state index in [-0.39, 0.29) is 10.8 Å². The number of aryl methyl sites for hydroxylation is 1. The largest absolute Gasteiger partial charge is 0.349 e. The fourth-order valence-corrected chi connectivity index (χ4v) is 4.21. The van der Waals surface area contributed by atoms with E-state index < -0.39 is 10.0 Å². The number of sulfonamides is 1. The van der Waals surface area contributed by atoms with Gasteiger partial charge in [0.25, 0.3) is 0 Å². The molecule has 0 radical (unpaired) electrons. The number of nitrogens with one attached hydrogen (secondary N) is 2. The van der Waals surface area contributed by atoms with E-state index in [2.05, 4.69) is 15.5 Å². The molecule has 148 valence electrons. The maximum absolute atomic E-state index is 12.5. The van der Waals surface area contributed by atoms with Gasteiger partial charge in [-0.15, -0.1) is 0 Å². The van der Waals surface area contributed by atoms with Crippen molar-refractivity contribution >= 4 is 28.1 Å². The molecule has 1 amide bonds. The number of aromatic amines is 1. The zero-order valence-corrected chi connectivity index (χ0v) is 17.4. The average Bonchev–Trinajstić information content (AvgIpc) is 2.97. The van der Waals surface area contributed by atoms with Gasteiger partial charge < -0.3 is 9.88 Å². The first-order valence-corrected chi connectivity index (χ1v) is 10.6. The predicted octanol–water partition coefficient (Wildman–Crippen LogP) is 1.76. The Hall–Kier alpha value is -2.04. The lowest BCUT2D eigenvalue weighted by Gasteiger charge is -2.18. The zero-order valence-electron chi connectivity index (χ0n) is 15.7. The lowest BCUT2D eigenvalue weighted by molar-refractivity contribution is -0.121. The summed E-state index contributed by atoms with van der Waals surface area (Å²) in [5.41, 5.74) is 0.904. The van der Waals surface area contributed by atoms with Gasteiger partial charge in [-0.25, -0.2) is 8.42 Å². The highest BCUT2D eigenvalue weighted by Gasteiger charge is 2.21. The lowest BCUT2D eigenvalue weighted by Crippen LogP contribution is -2.30. The number of rotatable bonds is 9. The smallest absolute Gasteiger partial charge is 0.243 e. The Morgan fingerprint density at radius 3 is 2.41 bits per heavy atom. The number of carbonyl (C=O) groups excluding carboxylic acids is 1. The van der Waals surface area contributed by atoms with Gasteiger partial charge in [0.05, 0.1) is 11.4 Å². The van der Waals surface area contributed by atoms with Crippen LogP contribution >= 0.6 is 12.2 Å². The predicted molar refractivity (Wildman–Crippen MR) is 105 cm³/mol. The molecule has 1 heterocycles. The fraction of sp³-hybridized carbons (Fsp3) is 0.471. The molecule has 2 aromatic rings. The number of amides is 1. The standard InChI is InChI=1S/C17H25N5O3S2/c1-4-22(5-2)27(24,25)14-9-6-13(7-10-14)8-11-16(23)18-12-15-19-20-17(26)21(15)3/h6-7,9-10H,4-5,8,11-12H2,1-3H3,(H,18,23)(H,20,26). The molecule has 0 aliphatic rings. The van der Waals surface area contributed by atoms with Gasteiger partial charge in [-0.3, -0.25) is 9.89 Å². The van der Waals surface area contributed by atoms with Crippen LogP contribution in [0.1, 0.15) is 31.7 Å². The summed E-state index contributed by atoms with van der Waals surface area (Å²) in [7, 11) is -1.68. The summed E-state index contributed by atoms with van der Waals surface area (Å²) in [6.07, 6.45) is 0.827. The van der Waals surface area contributed by atoms with Crippen LogP contribution in [-0.4, -0.2) is 46.5 Å². The Balaban J connectivity index is 1.90. The Bertz CT molecular complexity index is 928. The Morgan fingerprint density at radius 2 is 1.89 bits per heavy atom. The van der Waals surface area contributed by atoms with Crippen LogP contribution in [0, 0.1) is 4.77 Å². The SMILES string of the molecule is CCN(CC)S(=O)(=O)c1ccc(CCC(=O)NCc2n[nH]c(=S)n2C)cc1. The first-order valence-electron chi connectivity index (χ1n) is 8.75. The number of benzene rings is 1. The van der Waals surface area contributed by atoms with E-state index in [1.165, 1.54) is 4.31 Å². The Morgan fingerprint density at radius 1 is 1.26 bits per heavy atom. The van der Waals surface area contributed by atoms with Crippen molar-refractivity contribution < 1.29 is 13.2 Å². The van der Waals surface area contributed by atoms with Gasteiger partial charge in [-0.1, -0.05) is 26.0 Å². The van der Waals surface area contributed by atoms with Gasteiger partial charge in [0, 0.05) is 26.6 Å². The molecule has 0 aliphatic carbocycles. The summed E-state index contributed by atoms with van der Waals surface area (Å²) in [6.45, 7) is 4.78. The second-order valence-corrected chi connectivity index (χ2v) is 8.34. The van der Waals surface area contributed by atoms with Crippen molar-refractivity contribution in [1.29, 1.82) is 0 Å². The molecule has 0 saturated carbocycles. The minimum Gasteiger partial charge on any atom is -0.349 e. The third kappa shape index (κ3) is 5.24. The molecule has 0 bridgehead atoms. The third-order valence-electron chi connectivity index (χ3n) is 4.32. The molecule has 8 nitrogen and oxygen atoms in total. The van der Waals surface area contributed by atoms with Gasteiger partial charge in [-0.05, 0) is 36.3 Å². The van der Waals surface area contributed by atoms with Crippen molar-refractivity contribution in [3.8, 4) is 0 Å². The summed E-state index contributed by atoms with van der Waals surface area (Å²) in [5, 5.41) is 9.50. The van der Waals surface area contributed by atoms with Crippen LogP contribution in [0.25, 0.3) is 0 Å². The number of nitrogens with zero attached hydrogens (tertiary/aromatic N) is 3. The number of H-pyrrole nitrogens is 1. The van der Waals surface area contributed by atoms with Crippen molar-refractivity contribution in [2.45, 2.75) is 38.1 Å². The van der Waals surface area contributed by atoms with Crippen LogP contribution in [0.4, 0.5) is 0 Å². The normalized spacial score (nSPS) is 11.7. The molecule has 1 aromatic carbocycles. The molecule has 2 rings (SSSR count). The minimum atomic E-state index is -3.46. The number of hydrogen-bond acceptors (Lipinski definition) is 5. The van der Waals surface area contributed by atoms with E-state index >= 15 is 0 Å². The quantitative estimate of drug-likeness (QED) is 0.613. The summed E-state index contributed by atoms with van der Waals surface area (Å²) in [4.78, 5) is 12.3. The molecule has 0 spiro atoms. The molecule has 0 unspecified atom stereocenters. The van der Waals surface area contributed by atoms with Crippen LogP contribution in [-0.2, 0) is 34.8 Å². The van der Waals surface area contributed by atoms with Crippen LogP contribution in [0.3, 0.4) is 0 Å². The lowest BCUT2D eigenvalue weighted by atomic mass is 10.1. The maximum atomic E-state index is 12.5. The van der Waals surface area contributed by atoms with Gasteiger partial charge in [0.1, 0.15) is 0 Å². The Kier molecular flexibility index (Phi) is 7.28. The van der Waals surface area contributed by atoms with Crippen molar-refractivity contribution in [2.24, 2.45) is 7.05 Å². The molecule has 0 aliphatic heterocycles. The number of carbonyl (C=O) groups is 1. The molecular weight excluding hydrogens is 386 g/mol. The fourth-order valence-electron chi connectivity index (χ4n) is 2.60. The van der Waals surface area contributed by atoms with E-state index in [9.17, 15) is 13.2 Å². The Labute approximate surface area is 164 Å². The van der Waals surface area contributed by atoms with Crippen LogP contribution < -0.4 is 5.32 Å². The van der Waals surface area contributed by atoms with Crippen LogP contribution in [0.15, 0.2) is 29.2 Å². The van der Waals surface area contributed by atoms with E-state index in [0.717, 1.165) is 5.56 Å². The summed E-state index contributed by atoms with van der Waals surface area (Å²) in [5.74, 6) is 0.545. The zero-order chi connectivity index (χ0) is 20.0. The molecule has 0 fully saturated rings. The first kappa shape index (κ1) is 21.3. The average molecular weight is 412 g/mol. The van der Waals surface area contributed by atoms with E-state index in [0.29, 0.717) is 43.1 Å². The molecule has 10 heteroatoms.